The first-order valence-electron chi connectivity index (χ1n) is 6.28. The van der Waals surface area contributed by atoms with E-state index < -0.39 is 23.3 Å². The Morgan fingerprint density at radius 2 is 1.64 bits per heavy atom. The molecule has 0 atom stereocenters. The van der Waals surface area contributed by atoms with E-state index in [1.165, 1.54) is 6.07 Å². The van der Waals surface area contributed by atoms with Crippen molar-refractivity contribution in [3.8, 4) is 16.9 Å². The van der Waals surface area contributed by atoms with Crippen LogP contribution < -0.4 is 0 Å². The molecule has 0 aliphatic carbocycles. The Bertz CT molecular complexity index is 827. The normalized spacial score (nSPS) is 10.6. The molecule has 7 heteroatoms. The second-order valence-electron chi connectivity index (χ2n) is 4.44. The third kappa shape index (κ3) is 2.22. The van der Waals surface area contributed by atoms with Crippen LogP contribution in [-0.2, 0) is 0 Å². The number of halogens is 2. The second-order valence-corrected chi connectivity index (χ2v) is 4.44. The van der Waals surface area contributed by atoms with Gasteiger partial charge in [-0.15, -0.1) is 5.10 Å². The lowest BCUT2D eigenvalue weighted by molar-refractivity contribution is 0.0691. The van der Waals surface area contributed by atoms with E-state index in [-0.39, 0.29) is 11.4 Å². The molecule has 1 heterocycles. The van der Waals surface area contributed by atoms with Gasteiger partial charge in [0.2, 0.25) is 0 Å². The fourth-order valence-electron chi connectivity index (χ4n) is 2.13. The van der Waals surface area contributed by atoms with E-state index in [1.807, 2.05) is 0 Å². The Morgan fingerprint density at radius 1 is 1.00 bits per heavy atom. The molecule has 0 fully saturated rings. The molecule has 2 aromatic carbocycles. The first-order chi connectivity index (χ1) is 10.6. The topological polar surface area (TPSA) is 68.0 Å². The van der Waals surface area contributed by atoms with Crippen molar-refractivity contribution >= 4 is 5.97 Å². The minimum atomic E-state index is -1.33. The van der Waals surface area contributed by atoms with Crippen LogP contribution in [0.2, 0.25) is 0 Å². The molecule has 0 aliphatic heterocycles. The van der Waals surface area contributed by atoms with Crippen LogP contribution in [0.5, 0.6) is 0 Å². The maximum absolute atomic E-state index is 14.0. The Labute approximate surface area is 123 Å². The quantitative estimate of drug-likeness (QED) is 0.807. The van der Waals surface area contributed by atoms with E-state index in [0.29, 0.717) is 5.56 Å². The van der Waals surface area contributed by atoms with Gasteiger partial charge < -0.3 is 5.11 Å². The average Bonchev–Trinajstić information content (AvgIpc) is 2.93. The monoisotopic (exact) mass is 301 g/mol. The van der Waals surface area contributed by atoms with Crippen LogP contribution in [0.4, 0.5) is 8.78 Å². The molecule has 0 aliphatic rings. The molecule has 0 spiro atoms. The molecule has 0 saturated carbocycles. The predicted octanol–water partition coefficient (Wildman–Crippen LogP) is 2.91. The van der Waals surface area contributed by atoms with Crippen LogP contribution in [-0.4, -0.2) is 26.1 Å². The molecule has 0 radical (unpaired) electrons. The molecule has 0 saturated heterocycles. The molecule has 0 unspecified atom stereocenters. The molecule has 0 bridgehead atoms. The summed E-state index contributed by atoms with van der Waals surface area (Å²) >= 11 is 0. The summed E-state index contributed by atoms with van der Waals surface area (Å²) in [6, 6.07) is 11.7. The summed E-state index contributed by atoms with van der Waals surface area (Å²) in [6.07, 6.45) is 0. The summed E-state index contributed by atoms with van der Waals surface area (Å²) in [5.74, 6) is -3.06. The van der Waals surface area contributed by atoms with E-state index in [0.717, 1.165) is 16.8 Å². The fourth-order valence-corrected chi connectivity index (χ4v) is 2.13. The number of aromatic carboxylic acids is 1. The van der Waals surface area contributed by atoms with Gasteiger partial charge in [-0.1, -0.05) is 41.6 Å². The van der Waals surface area contributed by atoms with Crippen molar-refractivity contribution in [2.24, 2.45) is 0 Å². The van der Waals surface area contributed by atoms with Crippen molar-refractivity contribution in [3.05, 3.63) is 65.9 Å². The Morgan fingerprint density at radius 3 is 2.23 bits per heavy atom. The van der Waals surface area contributed by atoms with Crippen molar-refractivity contribution in [1.29, 1.82) is 0 Å². The number of hydrogen-bond acceptors (Lipinski definition) is 3. The van der Waals surface area contributed by atoms with Crippen molar-refractivity contribution in [1.82, 2.24) is 15.0 Å². The highest BCUT2D eigenvalue weighted by Crippen LogP contribution is 2.27. The number of carboxylic acid groups (broad SMARTS) is 1. The standard InChI is InChI=1S/C15H9F2N3O2/c16-10-7-4-8-11(17)14(10)20-13(9-5-2-1-3-6-9)12(15(21)22)18-19-20/h1-8H,(H,21,22). The lowest BCUT2D eigenvalue weighted by Gasteiger charge is -2.09. The smallest absolute Gasteiger partial charge is 0.358 e. The zero-order chi connectivity index (χ0) is 15.7. The van der Waals surface area contributed by atoms with Gasteiger partial charge in [-0.3, -0.25) is 0 Å². The van der Waals surface area contributed by atoms with Gasteiger partial charge in [0.15, 0.2) is 17.3 Å². The van der Waals surface area contributed by atoms with Crippen LogP contribution in [0.3, 0.4) is 0 Å². The molecule has 1 N–H and O–H groups in total. The lowest BCUT2D eigenvalue weighted by atomic mass is 10.1. The Hall–Kier alpha value is -3.09. The second kappa shape index (κ2) is 5.36. The van der Waals surface area contributed by atoms with E-state index >= 15 is 0 Å². The summed E-state index contributed by atoms with van der Waals surface area (Å²) in [5.41, 5.74) is -0.403. The largest absolute Gasteiger partial charge is 0.476 e. The number of aromatic nitrogens is 3. The summed E-state index contributed by atoms with van der Waals surface area (Å²) < 4.78 is 28.8. The van der Waals surface area contributed by atoms with Crippen LogP contribution in [0.15, 0.2) is 48.5 Å². The van der Waals surface area contributed by atoms with Crippen LogP contribution in [0.1, 0.15) is 10.5 Å². The highest BCUT2D eigenvalue weighted by molar-refractivity contribution is 5.93. The van der Waals surface area contributed by atoms with E-state index in [9.17, 15) is 18.7 Å². The number of hydrogen-bond donors (Lipinski definition) is 1. The predicted molar refractivity (Wildman–Crippen MR) is 73.7 cm³/mol. The first-order valence-corrected chi connectivity index (χ1v) is 6.28. The van der Waals surface area contributed by atoms with Gasteiger partial charge in [0, 0.05) is 5.56 Å². The van der Waals surface area contributed by atoms with Gasteiger partial charge in [0.05, 0.1) is 0 Å². The Balaban J connectivity index is 2.33. The lowest BCUT2D eigenvalue weighted by Crippen LogP contribution is -2.07. The molecule has 5 nitrogen and oxygen atoms in total. The SMILES string of the molecule is O=C(O)c1nnn(-c2c(F)cccc2F)c1-c1ccccc1. The zero-order valence-corrected chi connectivity index (χ0v) is 11.1. The number of rotatable bonds is 3. The van der Waals surface area contributed by atoms with Crippen LogP contribution >= 0.6 is 0 Å². The average molecular weight is 301 g/mol. The third-order valence-electron chi connectivity index (χ3n) is 3.07. The summed E-state index contributed by atoms with van der Waals surface area (Å²) in [6.45, 7) is 0. The highest BCUT2D eigenvalue weighted by Gasteiger charge is 2.24. The van der Waals surface area contributed by atoms with E-state index in [2.05, 4.69) is 10.3 Å². The molecule has 3 rings (SSSR count). The maximum atomic E-state index is 14.0. The molecule has 3 aromatic rings. The third-order valence-corrected chi connectivity index (χ3v) is 3.07. The van der Waals surface area contributed by atoms with Gasteiger partial charge in [-0.25, -0.2) is 18.3 Å². The number of carbonyl (C=O) groups is 1. The van der Waals surface area contributed by atoms with Crippen molar-refractivity contribution in [2.75, 3.05) is 0 Å². The van der Waals surface area contributed by atoms with Crippen molar-refractivity contribution < 1.29 is 18.7 Å². The van der Waals surface area contributed by atoms with Gasteiger partial charge >= 0.3 is 5.97 Å². The first kappa shape index (κ1) is 13.9. The zero-order valence-electron chi connectivity index (χ0n) is 11.1. The van der Waals surface area contributed by atoms with Gasteiger partial charge in [-0.05, 0) is 12.1 Å². The van der Waals surface area contributed by atoms with Gasteiger partial charge in [0.1, 0.15) is 11.4 Å². The Kier molecular flexibility index (Phi) is 3.38. The van der Waals surface area contributed by atoms with E-state index in [1.54, 1.807) is 30.3 Å². The summed E-state index contributed by atoms with van der Waals surface area (Å²) in [4.78, 5) is 11.3. The van der Waals surface area contributed by atoms with Gasteiger partial charge in [0.25, 0.3) is 0 Å². The molecule has 1 aromatic heterocycles. The fraction of sp³-hybridized carbons (Fsp3) is 0. The maximum Gasteiger partial charge on any atom is 0.358 e. The van der Waals surface area contributed by atoms with Crippen molar-refractivity contribution in [2.45, 2.75) is 0 Å². The number of para-hydroxylation sites is 1. The number of benzene rings is 2. The number of carboxylic acids is 1. The highest BCUT2D eigenvalue weighted by atomic mass is 19.1. The minimum Gasteiger partial charge on any atom is -0.476 e. The molecular formula is C15H9F2N3O2. The number of nitrogens with zero attached hydrogens (tertiary/aromatic N) is 3. The molecule has 0 amide bonds. The van der Waals surface area contributed by atoms with Gasteiger partial charge in [-0.2, -0.15) is 0 Å². The minimum absolute atomic E-state index is 0.0112. The van der Waals surface area contributed by atoms with E-state index in [4.69, 9.17) is 0 Å². The van der Waals surface area contributed by atoms with Crippen molar-refractivity contribution in [3.63, 3.8) is 0 Å². The summed E-state index contributed by atoms with van der Waals surface area (Å²) in [5, 5.41) is 16.4. The molecule has 22 heavy (non-hydrogen) atoms. The summed E-state index contributed by atoms with van der Waals surface area (Å²) in [7, 11) is 0. The van der Waals surface area contributed by atoms with Crippen LogP contribution in [0.25, 0.3) is 16.9 Å². The van der Waals surface area contributed by atoms with Crippen LogP contribution in [0, 0.1) is 11.6 Å². The molecular weight excluding hydrogens is 292 g/mol. The molecule has 110 valence electrons.